The van der Waals surface area contributed by atoms with Crippen LogP contribution >= 0.6 is 11.3 Å². The minimum atomic E-state index is -1.11. The molecule has 4 rings (SSSR count). The Bertz CT molecular complexity index is 1180. The first-order valence-electron chi connectivity index (χ1n) is 7.03. The van der Waals surface area contributed by atoms with Crippen LogP contribution in [-0.4, -0.2) is 25.7 Å². The van der Waals surface area contributed by atoms with Crippen molar-refractivity contribution >= 4 is 38.6 Å². The van der Waals surface area contributed by atoms with E-state index < -0.39 is 5.97 Å². The number of phenols is 1. The number of nitrogens with zero attached hydrogens (tertiary/aromatic N) is 2. The molecule has 7 heteroatoms. The topological polar surface area (TPSA) is 92.4 Å². The highest BCUT2D eigenvalue weighted by molar-refractivity contribution is 7.17. The van der Waals surface area contributed by atoms with Crippen LogP contribution in [0.1, 0.15) is 10.4 Å². The molecule has 2 aromatic heterocycles. The Balaban J connectivity index is 2.20. The number of aromatic carboxylic acids is 1. The van der Waals surface area contributed by atoms with Crippen LogP contribution in [0, 0.1) is 0 Å². The number of rotatable bonds is 2. The predicted octanol–water partition coefficient (Wildman–Crippen LogP) is 3.00. The lowest BCUT2D eigenvalue weighted by Crippen LogP contribution is -2.11. The van der Waals surface area contributed by atoms with E-state index in [0.717, 1.165) is 11.3 Å². The molecule has 0 atom stereocenters. The largest absolute Gasteiger partial charge is 0.508 e. The number of carboxylic acids is 1. The third kappa shape index (κ3) is 2.06. The highest BCUT2D eigenvalue weighted by atomic mass is 32.1. The maximum Gasteiger partial charge on any atom is 0.337 e. The fourth-order valence-corrected chi connectivity index (χ4v) is 3.71. The van der Waals surface area contributed by atoms with Crippen molar-refractivity contribution in [1.82, 2.24) is 9.55 Å². The Kier molecular flexibility index (Phi) is 3.10. The Morgan fingerprint density at radius 1 is 1.12 bits per heavy atom. The van der Waals surface area contributed by atoms with Crippen molar-refractivity contribution in [3.05, 3.63) is 63.8 Å². The summed E-state index contributed by atoms with van der Waals surface area (Å²) in [6, 6.07) is 13.1. The standard InChI is InChI=1S/C17H10N2O4S/c20-10-5-3-4-9(8-10)19-15-14(24-17(19)23)13(16(21)22)11-6-1-2-7-12(11)18-15/h1-8,20H,(H,21,22). The van der Waals surface area contributed by atoms with Gasteiger partial charge in [-0.15, -0.1) is 0 Å². The molecule has 6 nitrogen and oxygen atoms in total. The quantitative estimate of drug-likeness (QED) is 0.586. The lowest BCUT2D eigenvalue weighted by Gasteiger charge is -2.07. The van der Waals surface area contributed by atoms with E-state index in [1.165, 1.54) is 16.7 Å². The number of aromatic nitrogens is 2. The van der Waals surface area contributed by atoms with Crippen molar-refractivity contribution < 1.29 is 15.0 Å². The van der Waals surface area contributed by atoms with E-state index in [4.69, 9.17) is 0 Å². The molecule has 0 radical (unpaired) electrons. The molecule has 0 saturated carbocycles. The van der Waals surface area contributed by atoms with Crippen LogP contribution < -0.4 is 4.87 Å². The van der Waals surface area contributed by atoms with Gasteiger partial charge >= 0.3 is 10.8 Å². The summed E-state index contributed by atoms with van der Waals surface area (Å²) < 4.78 is 1.63. The van der Waals surface area contributed by atoms with E-state index in [9.17, 15) is 19.8 Å². The minimum absolute atomic E-state index is 0.0120. The number of pyridine rings is 1. The zero-order valence-corrected chi connectivity index (χ0v) is 12.9. The summed E-state index contributed by atoms with van der Waals surface area (Å²) in [6.07, 6.45) is 0. The van der Waals surface area contributed by atoms with Gasteiger partial charge in [0.2, 0.25) is 0 Å². The van der Waals surface area contributed by atoms with Crippen LogP contribution in [0.4, 0.5) is 0 Å². The smallest absolute Gasteiger partial charge is 0.337 e. The van der Waals surface area contributed by atoms with Gasteiger partial charge < -0.3 is 10.2 Å². The van der Waals surface area contributed by atoms with Gasteiger partial charge in [-0.3, -0.25) is 9.36 Å². The minimum Gasteiger partial charge on any atom is -0.508 e. The zero-order chi connectivity index (χ0) is 16.8. The number of phenolic OH excluding ortho intramolecular Hbond substituents is 1. The fourth-order valence-electron chi connectivity index (χ4n) is 2.72. The summed E-state index contributed by atoms with van der Waals surface area (Å²) in [5.74, 6) is -1.10. The van der Waals surface area contributed by atoms with E-state index in [1.54, 1.807) is 36.4 Å². The molecule has 0 unspecified atom stereocenters. The first kappa shape index (κ1) is 14.4. The molecule has 0 aliphatic rings. The highest BCUT2D eigenvalue weighted by Gasteiger charge is 2.21. The molecular weight excluding hydrogens is 328 g/mol. The summed E-state index contributed by atoms with van der Waals surface area (Å²) >= 11 is 0.832. The summed E-state index contributed by atoms with van der Waals surface area (Å²) in [6.45, 7) is 0. The number of carbonyl (C=O) groups is 1. The van der Waals surface area contributed by atoms with Gasteiger partial charge in [0, 0.05) is 11.5 Å². The Morgan fingerprint density at radius 2 is 1.92 bits per heavy atom. The highest BCUT2D eigenvalue weighted by Crippen LogP contribution is 2.30. The number of hydrogen-bond acceptors (Lipinski definition) is 5. The molecule has 2 aromatic carbocycles. The second kappa shape index (κ2) is 5.17. The molecule has 0 bridgehead atoms. The first-order chi connectivity index (χ1) is 11.6. The zero-order valence-electron chi connectivity index (χ0n) is 12.1. The summed E-state index contributed by atoms with van der Waals surface area (Å²) in [4.78, 5) is 28.4. The Hall–Kier alpha value is -3.19. The fraction of sp³-hybridized carbons (Fsp3) is 0. The number of fused-ring (bicyclic) bond motifs is 2. The van der Waals surface area contributed by atoms with Crippen molar-refractivity contribution in [2.75, 3.05) is 0 Å². The Labute approximate surface area is 138 Å². The molecule has 118 valence electrons. The van der Waals surface area contributed by atoms with Gasteiger partial charge in [0.1, 0.15) is 5.75 Å². The summed E-state index contributed by atoms with van der Waals surface area (Å²) in [7, 11) is 0. The Morgan fingerprint density at radius 3 is 2.67 bits per heavy atom. The lowest BCUT2D eigenvalue weighted by atomic mass is 10.1. The van der Waals surface area contributed by atoms with Crippen molar-refractivity contribution in [3.8, 4) is 11.4 Å². The molecule has 0 spiro atoms. The van der Waals surface area contributed by atoms with Crippen molar-refractivity contribution in [2.45, 2.75) is 0 Å². The van der Waals surface area contributed by atoms with Crippen LogP contribution in [0.2, 0.25) is 0 Å². The average Bonchev–Trinajstić information content (AvgIpc) is 2.87. The first-order valence-corrected chi connectivity index (χ1v) is 7.85. The van der Waals surface area contributed by atoms with Crippen molar-refractivity contribution in [3.63, 3.8) is 0 Å². The van der Waals surface area contributed by atoms with Gasteiger partial charge in [0.05, 0.1) is 21.5 Å². The van der Waals surface area contributed by atoms with Crippen LogP contribution in [0.5, 0.6) is 5.75 Å². The van der Waals surface area contributed by atoms with Crippen LogP contribution in [0.25, 0.3) is 26.9 Å². The lowest BCUT2D eigenvalue weighted by molar-refractivity contribution is 0.0701. The van der Waals surface area contributed by atoms with Gasteiger partial charge in [-0.05, 0) is 18.2 Å². The molecule has 0 amide bonds. The molecule has 24 heavy (non-hydrogen) atoms. The summed E-state index contributed by atoms with van der Waals surface area (Å²) in [5, 5.41) is 19.8. The van der Waals surface area contributed by atoms with Crippen LogP contribution in [-0.2, 0) is 0 Å². The number of para-hydroxylation sites is 1. The van der Waals surface area contributed by atoms with Crippen molar-refractivity contribution in [2.24, 2.45) is 0 Å². The number of carboxylic acid groups (broad SMARTS) is 1. The SMILES string of the molecule is O=C(O)c1c2ccccc2nc2c1sc(=O)n2-c1cccc(O)c1. The third-order valence-electron chi connectivity index (χ3n) is 3.72. The van der Waals surface area contributed by atoms with Gasteiger partial charge in [0.25, 0.3) is 0 Å². The second-order valence-corrected chi connectivity index (χ2v) is 6.15. The second-order valence-electron chi connectivity index (χ2n) is 5.19. The maximum atomic E-state index is 12.5. The molecule has 0 aliphatic carbocycles. The molecule has 0 saturated heterocycles. The molecule has 0 fully saturated rings. The molecule has 2 N–H and O–H groups in total. The van der Waals surface area contributed by atoms with Gasteiger partial charge in [-0.2, -0.15) is 0 Å². The van der Waals surface area contributed by atoms with E-state index in [0.29, 0.717) is 21.3 Å². The van der Waals surface area contributed by atoms with Crippen molar-refractivity contribution in [1.29, 1.82) is 0 Å². The van der Waals surface area contributed by atoms with E-state index in [2.05, 4.69) is 4.98 Å². The predicted molar refractivity (Wildman–Crippen MR) is 91.3 cm³/mol. The maximum absolute atomic E-state index is 12.5. The van der Waals surface area contributed by atoms with E-state index >= 15 is 0 Å². The monoisotopic (exact) mass is 338 g/mol. The number of aromatic hydroxyl groups is 1. The van der Waals surface area contributed by atoms with Crippen LogP contribution in [0.15, 0.2) is 53.3 Å². The van der Waals surface area contributed by atoms with E-state index in [1.807, 2.05) is 0 Å². The number of hydrogen-bond donors (Lipinski definition) is 2. The molecule has 2 heterocycles. The number of benzene rings is 2. The average molecular weight is 338 g/mol. The van der Waals surface area contributed by atoms with E-state index in [-0.39, 0.29) is 21.8 Å². The summed E-state index contributed by atoms with van der Waals surface area (Å²) in [5.41, 5.74) is 1.27. The van der Waals surface area contributed by atoms with Gasteiger partial charge in [-0.25, -0.2) is 9.78 Å². The van der Waals surface area contributed by atoms with Gasteiger partial charge in [0.15, 0.2) is 5.65 Å². The van der Waals surface area contributed by atoms with Crippen LogP contribution in [0.3, 0.4) is 0 Å². The van der Waals surface area contributed by atoms with Gasteiger partial charge in [-0.1, -0.05) is 35.6 Å². The molecule has 0 aliphatic heterocycles. The number of thiazole rings is 1. The molecule has 4 aromatic rings. The molecular formula is C17H10N2O4S. The normalized spacial score (nSPS) is 11.2. The third-order valence-corrected chi connectivity index (χ3v) is 4.66.